The zero-order chi connectivity index (χ0) is 23.2. The minimum atomic E-state index is -0.795. The number of nitrogens with one attached hydrogen (secondary N) is 1. The van der Waals surface area contributed by atoms with Gasteiger partial charge in [0.25, 0.3) is 0 Å². The second kappa shape index (κ2) is 9.86. The van der Waals surface area contributed by atoms with Crippen LogP contribution in [0.2, 0.25) is 0 Å². The van der Waals surface area contributed by atoms with E-state index in [0.717, 1.165) is 18.4 Å². The summed E-state index contributed by atoms with van der Waals surface area (Å²) in [5.41, 5.74) is -0.505. The third kappa shape index (κ3) is 9.12. The zero-order valence-electron chi connectivity index (χ0n) is 19.5. The van der Waals surface area contributed by atoms with Gasteiger partial charge in [0.1, 0.15) is 11.2 Å². The fraction of sp³-hybridized carbons (Fsp3) is 0.542. The molecule has 1 N–H and O–H groups in total. The van der Waals surface area contributed by atoms with Gasteiger partial charge in [-0.3, -0.25) is 5.32 Å². The quantitative estimate of drug-likeness (QED) is 0.425. The molecule has 1 saturated carbocycles. The Bertz CT molecular complexity index is 866. The molecule has 0 bridgehead atoms. The third-order valence-corrected chi connectivity index (χ3v) is 4.16. The van der Waals surface area contributed by atoms with Crippen LogP contribution >= 0.6 is 0 Å². The molecule has 31 heavy (non-hydrogen) atoms. The van der Waals surface area contributed by atoms with Crippen LogP contribution in [-0.2, 0) is 9.47 Å². The van der Waals surface area contributed by atoms with Gasteiger partial charge in [0.2, 0.25) is 5.96 Å². The van der Waals surface area contributed by atoms with E-state index >= 15 is 0 Å². The molecular weight excluding hydrogens is 394 g/mol. The molecule has 0 aromatic heterocycles. The van der Waals surface area contributed by atoms with E-state index in [-0.39, 0.29) is 12.0 Å². The maximum Gasteiger partial charge on any atom is 0.437 e. The van der Waals surface area contributed by atoms with Crippen molar-refractivity contribution >= 4 is 18.1 Å². The fourth-order valence-electron chi connectivity index (χ4n) is 2.71. The molecule has 1 fully saturated rings. The van der Waals surface area contributed by atoms with E-state index in [0.29, 0.717) is 5.92 Å². The lowest BCUT2D eigenvalue weighted by Crippen LogP contribution is -2.49. The Morgan fingerprint density at radius 1 is 1.06 bits per heavy atom. The number of hydrogen-bond donors (Lipinski definition) is 1. The number of carbonyl (C=O) groups is 2. The van der Waals surface area contributed by atoms with Crippen LogP contribution < -0.4 is 5.32 Å². The van der Waals surface area contributed by atoms with E-state index in [4.69, 9.17) is 9.47 Å². The van der Waals surface area contributed by atoms with Crippen molar-refractivity contribution in [3.63, 3.8) is 0 Å². The number of ether oxygens (including phenoxy) is 2. The van der Waals surface area contributed by atoms with Crippen molar-refractivity contribution in [2.75, 3.05) is 7.05 Å². The minimum absolute atomic E-state index is 0.0442. The molecule has 0 aliphatic heterocycles. The number of amides is 2. The molecule has 1 aliphatic rings. The van der Waals surface area contributed by atoms with Crippen LogP contribution in [0.3, 0.4) is 0 Å². The normalized spacial score (nSPS) is 15.3. The highest BCUT2D eigenvalue weighted by Crippen LogP contribution is 2.35. The molecule has 1 unspecified atom stereocenters. The first-order valence-electron chi connectivity index (χ1n) is 10.5. The number of guanidine groups is 1. The highest BCUT2D eigenvalue weighted by Gasteiger charge is 2.35. The first-order chi connectivity index (χ1) is 14.3. The number of aliphatic imine (C=N–C) groups is 1. The molecule has 7 heteroatoms. The van der Waals surface area contributed by atoms with Gasteiger partial charge in [-0.1, -0.05) is 30.0 Å². The first kappa shape index (κ1) is 24.3. The molecule has 2 rings (SSSR count). The summed E-state index contributed by atoms with van der Waals surface area (Å²) in [7, 11) is 1.75. The monoisotopic (exact) mass is 427 g/mol. The van der Waals surface area contributed by atoms with Crippen LogP contribution in [0.15, 0.2) is 35.3 Å². The summed E-state index contributed by atoms with van der Waals surface area (Å²) in [6.45, 7) is 10.5. The SMILES string of the molecule is CN(/C(=N\C(=O)OC(C)(C)C)NC(=O)OC(C)(C)C)C(C#Cc1ccccc1)C1CC1. The topological polar surface area (TPSA) is 80.2 Å². The van der Waals surface area contributed by atoms with Crippen LogP contribution in [0.4, 0.5) is 9.59 Å². The lowest BCUT2D eigenvalue weighted by molar-refractivity contribution is 0.0554. The van der Waals surface area contributed by atoms with E-state index in [1.54, 1.807) is 53.5 Å². The van der Waals surface area contributed by atoms with Crippen molar-refractivity contribution in [1.29, 1.82) is 0 Å². The standard InChI is InChI=1S/C24H33N3O4/c1-23(2,3)30-21(28)25-20(26-22(29)31-24(4,5)6)27(7)19(18-14-15-18)16-13-17-11-9-8-10-12-17/h8-12,18-19H,14-15H2,1-7H3,(H,25,26,28,29). The number of alkyl carbamates (subject to hydrolysis) is 1. The van der Waals surface area contributed by atoms with Gasteiger partial charge >= 0.3 is 12.2 Å². The predicted molar refractivity (Wildman–Crippen MR) is 121 cm³/mol. The van der Waals surface area contributed by atoms with E-state index in [2.05, 4.69) is 22.2 Å². The van der Waals surface area contributed by atoms with E-state index in [1.807, 2.05) is 30.3 Å². The maximum absolute atomic E-state index is 12.4. The highest BCUT2D eigenvalue weighted by atomic mass is 16.6. The maximum atomic E-state index is 12.4. The van der Waals surface area contributed by atoms with Crippen molar-refractivity contribution in [2.24, 2.45) is 10.9 Å². The molecule has 0 spiro atoms. The Labute approximate surface area is 185 Å². The molecule has 7 nitrogen and oxygen atoms in total. The molecule has 1 aromatic rings. The second-order valence-corrected chi connectivity index (χ2v) is 9.57. The summed E-state index contributed by atoms with van der Waals surface area (Å²) < 4.78 is 10.6. The van der Waals surface area contributed by atoms with Gasteiger partial charge in [-0.2, -0.15) is 0 Å². The Balaban J connectivity index is 2.29. The van der Waals surface area contributed by atoms with E-state index < -0.39 is 23.4 Å². The average Bonchev–Trinajstić information content (AvgIpc) is 3.44. The number of nitrogens with zero attached hydrogens (tertiary/aromatic N) is 2. The molecule has 0 radical (unpaired) electrons. The van der Waals surface area contributed by atoms with Crippen molar-refractivity contribution in [2.45, 2.75) is 71.6 Å². The molecule has 168 valence electrons. The lowest BCUT2D eigenvalue weighted by Gasteiger charge is -2.28. The molecule has 1 aliphatic carbocycles. The number of rotatable bonds is 2. The second-order valence-electron chi connectivity index (χ2n) is 9.57. The van der Waals surface area contributed by atoms with Crippen LogP contribution in [0, 0.1) is 17.8 Å². The molecule has 1 atom stereocenters. The number of carbonyl (C=O) groups excluding carboxylic acids is 2. The Hall–Kier alpha value is -3.01. The third-order valence-electron chi connectivity index (χ3n) is 4.16. The summed E-state index contributed by atoms with van der Waals surface area (Å²) in [5.74, 6) is 6.82. The van der Waals surface area contributed by atoms with Crippen LogP contribution in [0.25, 0.3) is 0 Å². The van der Waals surface area contributed by atoms with Gasteiger partial charge in [-0.25, -0.2) is 9.59 Å². The van der Waals surface area contributed by atoms with Gasteiger partial charge in [-0.05, 0) is 72.4 Å². The van der Waals surface area contributed by atoms with Crippen molar-refractivity contribution in [3.05, 3.63) is 35.9 Å². The highest BCUT2D eigenvalue weighted by molar-refractivity contribution is 5.99. The van der Waals surface area contributed by atoms with Crippen LogP contribution in [0.1, 0.15) is 59.9 Å². The summed E-state index contributed by atoms with van der Waals surface area (Å²) >= 11 is 0. The molecule has 0 heterocycles. The lowest BCUT2D eigenvalue weighted by atomic mass is 10.1. The summed E-state index contributed by atoms with van der Waals surface area (Å²) in [6.07, 6.45) is 0.540. The molecular formula is C24H33N3O4. The smallest absolute Gasteiger partial charge is 0.437 e. The number of hydrogen-bond acceptors (Lipinski definition) is 4. The van der Waals surface area contributed by atoms with Crippen LogP contribution in [0.5, 0.6) is 0 Å². The van der Waals surface area contributed by atoms with Crippen molar-refractivity contribution in [1.82, 2.24) is 10.2 Å². The summed E-state index contributed by atoms with van der Waals surface area (Å²) in [6, 6.07) is 9.44. The Kier molecular flexibility index (Phi) is 7.72. The van der Waals surface area contributed by atoms with E-state index in [1.165, 1.54) is 0 Å². The summed E-state index contributed by atoms with van der Waals surface area (Å²) in [4.78, 5) is 30.5. The van der Waals surface area contributed by atoms with Gasteiger partial charge in [0.05, 0.1) is 6.04 Å². The minimum Gasteiger partial charge on any atom is -0.444 e. The predicted octanol–water partition coefficient (Wildman–Crippen LogP) is 4.56. The first-order valence-corrected chi connectivity index (χ1v) is 10.5. The van der Waals surface area contributed by atoms with Gasteiger partial charge in [-0.15, -0.1) is 4.99 Å². The van der Waals surface area contributed by atoms with Gasteiger partial charge in [0, 0.05) is 12.6 Å². The van der Waals surface area contributed by atoms with E-state index in [9.17, 15) is 9.59 Å². The zero-order valence-corrected chi connectivity index (χ0v) is 19.5. The largest absolute Gasteiger partial charge is 0.444 e. The molecule has 1 aromatic carbocycles. The Morgan fingerprint density at radius 2 is 1.65 bits per heavy atom. The average molecular weight is 428 g/mol. The van der Waals surface area contributed by atoms with Gasteiger partial charge in [0.15, 0.2) is 0 Å². The Morgan fingerprint density at radius 3 is 2.16 bits per heavy atom. The fourth-order valence-corrected chi connectivity index (χ4v) is 2.71. The molecule has 0 saturated heterocycles. The van der Waals surface area contributed by atoms with Crippen molar-refractivity contribution in [3.8, 4) is 11.8 Å². The summed E-state index contributed by atoms with van der Waals surface area (Å²) in [5, 5.41) is 2.60. The van der Waals surface area contributed by atoms with Crippen LogP contribution in [-0.4, -0.2) is 47.3 Å². The van der Waals surface area contributed by atoms with Crippen molar-refractivity contribution < 1.29 is 19.1 Å². The van der Waals surface area contributed by atoms with Gasteiger partial charge < -0.3 is 14.4 Å². The molecule has 2 amide bonds. The number of benzene rings is 1.